The minimum atomic E-state index is -3.77. The van der Waals surface area contributed by atoms with Gasteiger partial charge >= 0.3 is 0 Å². The van der Waals surface area contributed by atoms with Gasteiger partial charge in [0.2, 0.25) is 10.0 Å². The number of hydrogen-bond donors (Lipinski definition) is 2. The molecular weight excluding hydrogens is 541 g/mol. The zero-order chi connectivity index (χ0) is 24.6. The van der Waals surface area contributed by atoms with E-state index in [1.807, 2.05) is 130 Å². The van der Waals surface area contributed by atoms with Crippen LogP contribution in [0.4, 0.5) is 0 Å². The topological polar surface area (TPSA) is 72.2 Å². The molecule has 0 spiro atoms. The molecular formula is C29H32N2O2RuS. The minimum absolute atomic E-state index is 0. The zero-order valence-corrected chi connectivity index (χ0v) is 22.8. The number of rotatable bonds is 6. The van der Waals surface area contributed by atoms with Crippen LogP contribution in [0.5, 0.6) is 0 Å². The second-order valence-electron chi connectivity index (χ2n) is 8.33. The summed E-state index contributed by atoms with van der Waals surface area (Å²) in [4.78, 5) is 0.319. The van der Waals surface area contributed by atoms with E-state index in [0.717, 1.165) is 27.8 Å². The Labute approximate surface area is 222 Å². The van der Waals surface area contributed by atoms with Crippen LogP contribution in [-0.4, -0.2) is 8.42 Å². The first kappa shape index (κ1) is 28.6. The van der Waals surface area contributed by atoms with E-state index in [0.29, 0.717) is 4.90 Å². The van der Waals surface area contributed by atoms with Crippen LogP contribution >= 0.6 is 0 Å². The second-order valence-corrected chi connectivity index (χ2v) is 9.98. The van der Waals surface area contributed by atoms with Gasteiger partial charge < -0.3 is 5.73 Å². The molecule has 0 unspecified atom stereocenters. The molecule has 35 heavy (non-hydrogen) atoms. The Morgan fingerprint density at radius 2 is 1.03 bits per heavy atom. The number of hydrogen-bond acceptors (Lipinski definition) is 3. The second kappa shape index (κ2) is 13.5. The van der Waals surface area contributed by atoms with Crippen LogP contribution in [0.2, 0.25) is 0 Å². The summed E-state index contributed by atoms with van der Waals surface area (Å²) in [6.07, 6.45) is 0. The third-order valence-corrected chi connectivity index (χ3v) is 7.27. The molecule has 0 aliphatic carbocycles. The summed E-state index contributed by atoms with van der Waals surface area (Å²) in [5.74, 6) is 0. The van der Waals surface area contributed by atoms with Crippen molar-refractivity contribution in [3.05, 3.63) is 137 Å². The maximum absolute atomic E-state index is 13.3. The molecule has 0 saturated heterocycles. The van der Waals surface area contributed by atoms with E-state index < -0.39 is 22.1 Å². The molecule has 0 heterocycles. The Morgan fingerprint density at radius 1 is 0.657 bits per heavy atom. The molecule has 0 amide bonds. The fourth-order valence-electron chi connectivity index (χ4n) is 4.08. The van der Waals surface area contributed by atoms with E-state index in [-0.39, 0.29) is 19.5 Å². The molecule has 2 atom stereocenters. The normalized spacial score (nSPS) is 12.5. The van der Waals surface area contributed by atoms with E-state index in [1.165, 1.54) is 0 Å². The Morgan fingerprint density at radius 3 is 1.46 bits per heavy atom. The number of nitrogens with one attached hydrogen (secondary N) is 1. The van der Waals surface area contributed by atoms with Gasteiger partial charge in [-0.1, -0.05) is 115 Å². The van der Waals surface area contributed by atoms with Gasteiger partial charge in [-0.25, -0.2) is 13.1 Å². The predicted molar refractivity (Wildman–Crippen MR) is 140 cm³/mol. The molecule has 6 heteroatoms. The quantitative estimate of drug-likeness (QED) is 0.277. The van der Waals surface area contributed by atoms with Gasteiger partial charge in [0.05, 0.1) is 17.0 Å². The maximum atomic E-state index is 13.3. The van der Waals surface area contributed by atoms with Crippen molar-refractivity contribution in [1.29, 1.82) is 0 Å². The average molecular weight is 574 g/mol. The van der Waals surface area contributed by atoms with Crippen LogP contribution < -0.4 is 10.5 Å². The van der Waals surface area contributed by atoms with Gasteiger partial charge in [-0.05, 0) is 43.0 Å². The van der Waals surface area contributed by atoms with Crippen molar-refractivity contribution >= 4 is 10.0 Å². The van der Waals surface area contributed by atoms with Gasteiger partial charge in [0, 0.05) is 19.5 Å². The first-order valence-corrected chi connectivity index (χ1v) is 12.7. The molecule has 0 aliphatic rings. The standard InChI is InChI=1S/C23H26N2O2S.C6H6.Ru/c1-16-14-17(2)23(18(3)15-16)28(26,27)25-22(20-12-8-5-9-13-20)21(24)19-10-6-4-7-11-19;1-2-4-6-5-3-1;/h4-15,21-22,25H,24H2,1-3H3;1-6H;/t21-,22-;;/m0../s1. The molecule has 184 valence electrons. The molecule has 4 nitrogen and oxygen atoms in total. The molecule has 0 bridgehead atoms. The first-order valence-electron chi connectivity index (χ1n) is 11.3. The van der Waals surface area contributed by atoms with Crippen LogP contribution in [0.15, 0.2) is 114 Å². The summed E-state index contributed by atoms with van der Waals surface area (Å²) in [7, 11) is -3.77. The Balaban J connectivity index is 0.000000539. The van der Waals surface area contributed by atoms with Crippen molar-refractivity contribution in [2.24, 2.45) is 5.73 Å². The summed E-state index contributed by atoms with van der Waals surface area (Å²) in [5, 5.41) is 0. The average Bonchev–Trinajstić information content (AvgIpc) is 2.84. The molecule has 0 aromatic heterocycles. The van der Waals surface area contributed by atoms with E-state index >= 15 is 0 Å². The fraction of sp³-hybridized carbons (Fsp3) is 0.172. The van der Waals surface area contributed by atoms with E-state index in [2.05, 4.69) is 4.72 Å². The van der Waals surface area contributed by atoms with Gasteiger partial charge in [0.25, 0.3) is 0 Å². The van der Waals surface area contributed by atoms with Crippen molar-refractivity contribution in [3.8, 4) is 0 Å². The van der Waals surface area contributed by atoms with Crippen molar-refractivity contribution in [1.82, 2.24) is 4.72 Å². The van der Waals surface area contributed by atoms with Crippen LogP contribution in [0.25, 0.3) is 0 Å². The molecule has 4 rings (SSSR count). The van der Waals surface area contributed by atoms with Crippen LogP contribution in [0, 0.1) is 20.8 Å². The maximum Gasteiger partial charge on any atom is 0.241 e. The molecule has 0 radical (unpaired) electrons. The van der Waals surface area contributed by atoms with Gasteiger partial charge in [-0.2, -0.15) is 0 Å². The molecule has 0 saturated carbocycles. The Kier molecular flexibility index (Phi) is 11.0. The summed E-state index contributed by atoms with van der Waals surface area (Å²) in [5.41, 5.74) is 10.7. The molecule has 0 aliphatic heterocycles. The smallest absolute Gasteiger partial charge is 0.241 e. The van der Waals surface area contributed by atoms with Crippen molar-refractivity contribution in [3.63, 3.8) is 0 Å². The fourth-order valence-corrected chi connectivity index (χ4v) is 5.78. The molecule has 0 fully saturated rings. The third kappa shape index (κ3) is 7.94. The molecule has 4 aromatic carbocycles. The molecule has 4 aromatic rings. The number of aryl methyl sites for hydroxylation is 3. The van der Waals surface area contributed by atoms with Gasteiger partial charge in [0.1, 0.15) is 0 Å². The van der Waals surface area contributed by atoms with Crippen molar-refractivity contribution in [2.75, 3.05) is 0 Å². The number of benzene rings is 4. The van der Waals surface area contributed by atoms with Crippen LogP contribution in [0.3, 0.4) is 0 Å². The minimum Gasteiger partial charge on any atom is -0.322 e. The zero-order valence-electron chi connectivity index (χ0n) is 20.2. The van der Waals surface area contributed by atoms with Gasteiger partial charge in [-0.15, -0.1) is 0 Å². The number of sulfonamides is 1. The van der Waals surface area contributed by atoms with Gasteiger partial charge in [0.15, 0.2) is 0 Å². The molecule has 3 N–H and O–H groups in total. The predicted octanol–water partition coefficient (Wildman–Crippen LogP) is 6.02. The third-order valence-electron chi connectivity index (χ3n) is 5.52. The summed E-state index contributed by atoms with van der Waals surface area (Å²) >= 11 is 0. The van der Waals surface area contributed by atoms with Crippen LogP contribution in [-0.2, 0) is 29.5 Å². The van der Waals surface area contributed by atoms with Crippen LogP contribution in [0.1, 0.15) is 39.9 Å². The number of nitrogens with two attached hydrogens (primary N) is 1. The summed E-state index contributed by atoms with van der Waals surface area (Å²) in [6.45, 7) is 5.61. The Hall–Kier alpha value is -2.63. The summed E-state index contributed by atoms with van der Waals surface area (Å²) < 4.78 is 29.5. The first-order chi connectivity index (χ1) is 16.3. The van der Waals surface area contributed by atoms with E-state index in [9.17, 15) is 8.42 Å². The largest absolute Gasteiger partial charge is 0.322 e. The SMILES string of the molecule is Cc1cc(C)c(S(=O)(=O)N[C@@H](c2ccccc2)[C@@H](N)c2ccccc2)c(C)c1.[Ru].c1ccccc1. The van der Waals surface area contributed by atoms with Gasteiger partial charge in [-0.3, -0.25) is 0 Å². The monoisotopic (exact) mass is 574 g/mol. The van der Waals surface area contributed by atoms with Crippen molar-refractivity contribution < 1.29 is 27.9 Å². The van der Waals surface area contributed by atoms with E-state index in [4.69, 9.17) is 5.73 Å². The Bertz CT molecular complexity index is 1230. The summed E-state index contributed by atoms with van der Waals surface area (Å²) in [6, 6.07) is 33.7. The van der Waals surface area contributed by atoms with Crippen molar-refractivity contribution in [2.45, 2.75) is 37.8 Å². The van der Waals surface area contributed by atoms with E-state index in [1.54, 1.807) is 0 Å².